The van der Waals surface area contributed by atoms with Gasteiger partial charge in [0, 0.05) is 17.5 Å². The second-order valence-electron chi connectivity index (χ2n) is 6.97. The molecule has 1 aliphatic carbocycles. The van der Waals surface area contributed by atoms with E-state index in [4.69, 9.17) is 9.47 Å². The van der Waals surface area contributed by atoms with Crippen molar-refractivity contribution < 1.29 is 14.3 Å². The Balaban J connectivity index is 1.34. The van der Waals surface area contributed by atoms with E-state index in [1.807, 2.05) is 37.3 Å². The van der Waals surface area contributed by atoms with Gasteiger partial charge in [0.25, 0.3) is 0 Å². The Kier molecular flexibility index (Phi) is 5.67. The van der Waals surface area contributed by atoms with Crippen molar-refractivity contribution in [1.29, 1.82) is 0 Å². The fraction of sp³-hybridized carbons (Fsp3) is 0.200. The first kappa shape index (κ1) is 19.5. The topological polar surface area (TPSA) is 60.5 Å². The normalized spacial score (nSPS) is 11.7. The summed E-state index contributed by atoms with van der Waals surface area (Å²) in [5, 5.41) is 2.69. The lowest BCUT2D eigenvalue weighted by molar-refractivity contribution is 0.144. The molecule has 0 radical (unpaired) electrons. The molecule has 0 aliphatic heterocycles. The third-order valence-corrected chi connectivity index (χ3v) is 5.16. The molecular weight excluding hydrogens is 376 g/mol. The highest BCUT2D eigenvalue weighted by molar-refractivity contribution is 5.79. The number of hydrogen-bond donors (Lipinski definition) is 1. The molecule has 0 fully saturated rings. The third-order valence-electron chi connectivity index (χ3n) is 5.16. The highest BCUT2D eigenvalue weighted by atomic mass is 16.5. The molecule has 0 spiro atoms. The molecule has 0 saturated carbocycles. The summed E-state index contributed by atoms with van der Waals surface area (Å²) in [6.07, 6.45) is -0.476. The van der Waals surface area contributed by atoms with Crippen molar-refractivity contribution in [3.8, 4) is 28.8 Å². The number of pyridine rings is 1. The van der Waals surface area contributed by atoms with Crippen molar-refractivity contribution in [1.82, 2.24) is 10.3 Å². The van der Waals surface area contributed by atoms with Crippen LogP contribution in [0.1, 0.15) is 28.3 Å². The van der Waals surface area contributed by atoms with E-state index in [2.05, 4.69) is 46.4 Å². The summed E-state index contributed by atoms with van der Waals surface area (Å²) < 4.78 is 10.6. The Morgan fingerprint density at radius 1 is 1.03 bits per heavy atom. The zero-order valence-electron chi connectivity index (χ0n) is 16.9. The predicted molar refractivity (Wildman–Crippen MR) is 115 cm³/mol. The molecule has 3 aromatic rings. The maximum Gasteiger partial charge on any atom is 0.407 e. The van der Waals surface area contributed by atoms with Crippen LogP contribution in [0.3, 0.4) is 0 Å². The zero-order valence-corrected chi connectivity index (χ0v) is 16.9. The van der Waals surface area contributed by atoms with Crippen LogP contribution in [0.15, 0.2) is 60.7 Å². The average molecular weight is 398 g/mol. The van der Waals surface area contributed by atoms with Gasteiger partial charge in [-0.25, -0.2) is 9.78 Å². The van der Waals surface area contributed by atoms with Crippen LogP contribution in [0, 0.1) is 18.8 Å². The number of nitrogens with one attached hydrogen (secondary N) is 1. The monoisotopic (exact) mass is 398 g/mol. The number of aromatic nitrogens is 1. The van der Waals surface area contributed by atoms with Crippen molar-refractivity contribution >= 4 is 6.09 Å². The molecule has 30 heavy (non-hydrogen) atoms. The number of fused-ring (bicyclic) bond motifs is 3. The summed E-state index contributed by atoms with van der Waals surface area (Å²) in [4.78, 5) is 16.4. The zero-order chi connectivity index (χ0) is 20.9. The number of carbonyl (C=O) groups excluding carboxylic acids is 1. The standard InChI is InChI=1S/C25H22N2O3/c1-17-18(13-14-24(27-17)29-2)8-7-15-26-25(28)30-16-23-21-11-5-3-9-19(21)20-10-4-6-12-22(20)23/h3-6,9-14,23H,15-16H2,1-2H3,(H,26,28). The van der Waals surface area contributed by atoms with Crippen molar-refractivity contribution in [3.05, 3.63) is 83.0 Å². The molecule has 1 aromatic heterocycles. The lowest BCUT2D eigenvalue weighted by Gasteiger charge is -2.14. The summed E-state index contributed by atoms with van der Waals surface area (Å²) in [5.74, 6) is 6.53. The molecule has 2 aromatic carbocycles. The number of hydrogen-bond acceptors (Lipinski definition) is 4. The molecule has 150 valence electrons. The Morgan fingerprint density at radius 2 is 1.70 bits per heavy atom. The van der Waals surface area contributed by atoms with Gasteiger partial charge in [-0.15, -0.1) is 0 Å². The van der Waals surface area contributed by atoms with Gasteiger partial charge in [0.05, 0.1) is 19.3 Å². The van der Waals surface area contributed by atoms with E-state index in [9.17, 15) is 4.79 Å². The van der Waals surface area contributed by atoms with Crippen molar-refractivity contribution in [2.45, 2.75) is 12.8 Å². The molecule has 1 N–H and O–H groups in total. The highest BCUT2D eigenvalue weighted by Crippen LogP contribution is 2.44. The van der Waals surface area contributed by atoms with Crippen LogP contribution < -0.4 is 10.1 Å². The predicted octanol–water partition coefficient (Wildman–Crippen LogP) is 4.29. The molecule has 0 atom stereocenters. The molecule has 5 nitrogen and oxygen atoms in total. The lowest BCUT2D eigenvalue weighted by atomic mass is 9.98. The number of benzene rings is 2. The first-order valence-electron chi connectivity index (χ1n) is 9.76. The summed E-state index contributed by atoms with van der Waals surface area (Å²) in [5.41, 5.74) is 6.36. The molecule has 1 heterocycles. The third kappa shape index (κ3) is 3.99. The summed E-state index contributed by atoms with van der Waals surface area (Å²) in [7, 11) is 1.57. The lowest BCUT2D eigenvalue weighted by Crippen LogP contribution is -2.26. The molecule has 4 rings (SSSR count). The van der Waals surface area contributed by atoms with E-state index >= 15 is 0 Å². The minimum absolute atomic E-state index is 0.0438. The number of nitrogens with zero attached hydrogens (tertiary/aromatic N) is 1. The van der Waals surface area contributed by atoms with Crippen LogP contribution >= 0.6 is 0 Å². The van der Waals surface area contributed by atoms with Gasteiger partial charge in [0.15, 0.2) is 0 Å². The van der Waals surface area contributed by atoms with E-state index < -0.39 is 6.09 Å². The first-order chi connectivity index (χ1) is 14.7. The number of amides is 1. The number of alkyl carbamates (subject to hydrolysis) is 1. The van der Waals surface area contributed by atoms with Crippen LogP contribution in [0.4, 0.5) is 4.79 Å². The molecule has 1 aliphatic rings. The molecule has 0 unspecified atom stereocenters. The summed E-state index contributed by atoms with van der Waals surface area (Å²) in [6, 6.07) is 20.1. The molecule has 5 heteroatoms. The second-order valence-corrected chi connectivity index (χ2v) is 6.97. The van der Waals surface area contributed by atoms with Crippen LogP contribution in [0.2, 0.25) is 0 Å². The van der Waals surface area contributed by atoms with Gasteiger partial charge < -0.3 is 14.8 Å². The van der Waals surface area contributed by atoms with E-state index in [1.54, 1.807) is 13.2 Å². The van der Waals surface area contributed by atoms with Crippen molar-refractivity contribution in [2.75, 3.05) is 20.3 Å². The minimum atomic E-state index is -0.476. The average Bonchev–Trinajstić information content (AvgIpc) is 3.10. The van der Waals surface area contributed by atoms with Gasteiger partial charge in [-0.2, -0.15) is 0 Å². The maximum atomic E-state index is 12.2. The summed E-state index contributed by atoms with van der Waals surface area (Å²) >= 11 is 0. The number of rotatable bonds is 4. The van der Waals surface area contributed by atoms with Gasteiger partial charge in [0.2, 0.25) is 5.88 Å². The van der Waals surface area contributed by atoms with Crippen LogP contribution in [0.25, 0.3) is 11.1 Å². The highest BCUT2D eigenvalue weighted by Gasteiger charge is 2.28. The van der Waals surface area contributed by atoms with Crippen LogP contribution in [-0.4, -0.2) is 31.3 Å². The van der Waals surface area contributed by atoms with Gasteiger partial charge >= 0.3 is 6.09 Å². The number of ether oxygens (including phenoxy) is 2. The van der Waals surface area contributed by atoms with Crippen LogP contribution in [0.5, 0.6) is 5.88 Å². The maximum absolute atomic E-state index is 12.2. The Morgan fingerprint density at radius 3 is 2.33 bits per heavy atom. The van der Waals surface area contributed by atoms with Crippen molar-refractivity contribution in [3.63, 3.8) is 0 Å². The van der Waals surface area contributed by atoms with Gasteiger partial charge in [-0.1, -0.05) is 60.4 Å². The largest absolute Gasteiger partial charge is 0.481 e. The quantitative estimate of drug-likeness (QED) is 0.666. The second kappa shape index (κ2) is 8.71. The van der Waals surface area contributed by atoms with Crippen molar-refractivity contribution in [2.24, 2.45) is 0 Å². The first-order valence-corrected chi connectivity index (χ1v) is 9.76. The molecule has 0 bridgehead atoms. The van der Waals surface area contributed by atoms with E-state index in [-0.39, 0.29) is 19.1 Å². The minimum Gasteiger partial charge on any atom is -0.481 e. The Hall–Kier alpha value is -3.78. The Bertz CT molecular complexity index is 1100. The number of methoxy groups -OCH3 is 1. The molecular formula is C25H22N2O3. The fourth-order valence-corrected chi connectivity index (χ4v) is 3.69. The smallest absolute Gasteiger partial charge is 0.407 e. The van der Waals surface area contributed by atoms with E-state index in [0.29, 0.717) is 5.88 Å². The SMILES string of the molecule is COc1ccc(C#CCNC(=O)OCC2c3ccccc3-c3ccccc32)c(C)n1. The molecule has 0 saturated heterocycles. The van der Waals surface area contributed by atoms with Crippen LogP contribution in [-0.2, 0) is 4.74 Å². The Labute approximate surface area is 176 Å². The van der Waals surface area contributed by atoms with E-state index in [1.165, 1.54) is 22.3 Å². The molecule has 1 amide bonds. The number of carbonyl (C=O) groups is 1. The fourth-order valence-electron chi connectivity index (χ4n) is 3.69. The number of aryl methyl sites for hydroxylation is 1. The summed E-state index contributed by atoms with van der Waals surface area (Å²) in [6.45, 7) is 2.35. The van der Waals surface area contributed by atoms with Gasteiger partial charge in [-0.3, -0.25) is 0 Å². The van der Waals surface area contributed by atoms with E-state index in [0.717, 1.165) is 11.3 Å². The van der Waals surface area contributed by atoms with Gasteiger partial charge in [0.1, 0.15) is 6.61 Å². The van der Waals surface area contributed by atoms with Gasteiger partial charge in [-0.05, 0) is 35.2 Å².